The van der Waals surface area contributed by atoms with Crippen molar-refractivity contribution in [2.45, 2.75) is 66.1 Å². The molecule has 2 bridgehead atoms. The van der Waals surface area contributed by atoms with Gasteiger partial charge < -0.3 is 18.6 Å². The summed E-state index contributed by atoms with van der Waals surface area (Å²) in [5.74, 6) is -3.00. The third-order valence-electron chi connectivity index (χ3n) is 9.95. The third-order valence-corrected chi connectivity index (χ3v) is 9.95. The number of fused-ring (bicyclic) bond motifs is 6. The van der Waals surface area contributed by atoms with Crippen molar-refractivity contribution in [1.82, 2.24) is 0 Å². The highest BCUT2D eigenvalue weighted by molar-refractivity contribution is 5.95. The largest absolute Gasteiger partial charge is 0.472 e. The predicted octanol–water partition coefficient (Wildman–Crippen LogP) is 5.06. The molecular weight excluding hydrogens is 500 g/mol. The zero-order chi connectivity index (χ0) is 28.5. The molecule has 0 amide bonds. The Morgan fingerprint density at radius 3 is 2.51 bits per heavy atom. The van der Waals surface area contributed by atoms with Crippen LogP contribution in [0.2, 0.25) is 0 Å². The van der Waals surface area contributed by atoms with E-state index in [1.807, 2.05) is 26.8 Å². The van der Waals surface area contributed by atoms with Gasteiger partial charge in [0, 0.05) is 39.9 Å². The molecule has 39 heavy (non-hydrogen) atoms. The molecule has 1 aromatic rings. The molecule has 208 valence electrons. The Morgan fingerprint density at radius 2 is 1.90 bits per heavy atom. The van der Waals surface area contributed by atoms with Crippen molar-refractivity contribution in [3.63, 3.8) is 0 Å². The number of ketones is 1. The Kier molecular flexibility index (Phi) is 6.31. The molecule has 0 spiro atoms. The van der Waals surface area contributed by atoms with Crippen molar-refractivity contribution >= 4 is 23.7 Å². The van der Waals surface area contributed by atoms with Gasteiger partial charge in [0.25, 0.3) is 0 Å². The number of furan rings is 1. The zero-order valence-electron chi connectivity index (χ0n) is 23.4. The highest BCUT2D eigenvalue weighted by atomic mass is 16.6. The van der Waals surface area contributed by atoms with Crippen molar-refractivity contribution in [3.8, 4) is 0 Å². The molecule has 0 unspecified atom stereocenters. The van der Waals surface area contributed by atoms with E-state index in [1.165, 1.54) is 7.11 Å². The maximum absolute atomic E-state index is 14.3. The normalized spacial score (nSPS) is 36.4. The van der Waals surface area contributed by atoms with Crippen molar-refractivity contribution in [2.24, 2.45) is 34.0 Å². The first-order valence-corrected chi connectivity index (χ1v) is 13.4. The van der Waals surface area contributed by atoms with Gasteiger partial charge in [0.1, 0.15) is 18.0 Å². The van der Waals surface area contributed by atoms with Gasteiger partial charge in [-0.2, -0.15) is 0 Å². The smallest absolute Gasteiger partial charge is 0.333 e. The molecule has 2 saturated carbocycles. The summed E-state index contributed by atoms with van der Waals surface area (Å²) in [6, 6.07) is 1.80. The molecule has 0 N–H and O–H groups in total. The number of ether oxygens (including phenoxy) is 3. The molecule has 0 aromatic carbocycles. The van der Waals surface area contributed by atoms with E-state index in [0.29, 0.717) is 12.8 Å². The molecule has 3 aliphatic carbocycles. The number of allylic oxidation sites excluding steroid dienone is 1. The van der Waals surface area contributed by atoms with Crippen LogP contribution in [0, 0.1) is 34.0 Å². The lowest BCUT2D eigenvalue weighted by atomic mass is 9.41. The fraction of sp³-hybridized carbons (Fsp3) is 0.548. The Morgan fingerprint density at radius 1 is 1.18 bits per heavy atom. The predicted molar refractivity (Wildman–Crippen MR) is 140 cm³/mol. The summed E-state index contributed by atoms with van der Waals surface area (Å²) in [4.78, 5) is 52.7. The van der Waals surface area contributed by atoms with Gasteiger partial charge >= 0.3 is 17.9 Å². The van der Waals surface area contributed by atoms with Crippen LogP contribution in [0.15, 0.2) is 58.5 Å². The second kappa shape index (κ2) is 9.07. The maximum atomic E-state index is 14.3. The number of carbonyl (C=O) groups is 4. The molecule has 4 aliphatic rings. The van der Waals surface area contributed by atoms with Crippen LogP contribution in [0.3, 0.4) is 0 Å². The highest BCUT2D eigenvalue weighted by Crippen LogP contribution is 2.67. The second-order valence-electron chi connectivity index (χ2n) is 12.5. The first-order valence-electron chi connectivity index (χ1n) is 13.4. The number of hydrogen-bond donors (Lipinski definition) is 0. The van der Waals surface area contributed by atoms with Crippen LogP contribution in [-0.2, 0) is 33.4 Å². The Hall–Kier alpha value is -3.42. The molecule has 8 nitrogen and oxygen atoms in total. The fourth-order valence-corrected chi connectivity index (χ4v) is 7.90. The molecule has 2 fully saturated rings. The summed E-state index contributed by atoms with van der Waals surface area (Å²) in [7, 11) is 1.33. The first kappa shape index (κ1) is 27.2. The maximum Gasteiger partial charge on any atom is 0.333 e. The molecule has 2 heterocycles. The molecule has 1 aromatic heterocycles. The SMILES string of the molecule is C=C(C)C(=O)O[C@@H]1[C@@H]2C=C3C4=CC(=O)O[C@@H](c5ccoc5)[C@]4(C)CC[C@H]3[C@@](C)(C2=O)[C@@H](CC(=O)OC)C1(C)C. The van der Waals surface area contributed by atoms with Crippen LogP contribution < -0.4 is 0 Å². The standard InChI is InChI=1S/C31H36O8/c1-16(2)28(35)39-27-19-12-18-20(31(6,25(19)34)22(29(27,3)4)14-23(32)36-7)8-10-30(5)21(18)13-24(33)38-26(30)17-9-11-37-15-17/h9,11-13,15,19-20,22,26-27H,1,8,10,14H2,2-7H3/t19-,20-,22+,26+,27-,30-,31-/m1/s1. The number of methoxy groups -OCH3 is 1. The van der Waals surface area contributed by atoms with Crippen molar-refractivity contribution in [3.05, 3.63) is 59.6 Å². The van der Waals surface area contributed by atoms with Gasteiger partial charge in [-0.1, -0.05) is 40.3 Å². The van der Waals surface area contributed by atoms with Gasteiger partial charge in [-0.25, -0.2) is 9.59 Å². The lowest BCUT2D eigenvalue weighted by Crippen LogP contribution is -2.66. The van der Waals surface area contributed by atoms with Crippen LogP contribution >= 0.6 is 0 Å². The summed E-state index contributed by atoms with van der Waals surface area (Å²) >= 11 is 0. The Bertz CT molecular complexity index is 1310. The number of Topliss-reactive ketones (excluding diaryl/α,β-unsaturated/α-hetero) is 1. The van der Waals surface area contributed by atoms with Gasteiger partial charge in [0.15, 0.2) is 0 Å². The number of carbonyl (C=O) groups excluding carboxylic acids is 4. The molecule has 1 aliphatic heterocycles. The van der Waals surface area contributed by atoms with Gasteiger partial charge in [0.2, 0.25) is 0 Å². The average molecular weight is 537 g/mol. The van der Waals surface area contributed by atoms with Crippen LogP contribution in [0.5, 0.6) is 0 Å². The molecule has 5 rings (SSSR count). The summed E-state index contributed by atoms with van der Waals surface area (Å²) in [5, 5.41) is 0. The van der Waals surface area contributed by atoms with Crippen LogP contribution in [0.25, 0.3) is 0 Å². The number of cyclic esters (lactones) is 1. The molecule has 7 atom stereocenters. The zero-order valence-corrected chi connectivity index (χ0v) is 23.4. The van der Waals surface area contributed by atoms with E-state index in [0.717, 1.165) is 16.7 Å². The minimum atomic E-state index is -0.951. The average Bonchev–Trinajstić information content (AvgIpc) is 3.41. The lowest BCUT2D eigenvalue weighted by molar-refractivity contribution is -0.189. The minimum Gasteiger partial charge on any atom is -0.472 e. The Balaban J connectivity index is 1.69. The van der Waals surface area contributed by atoms with Gasteiger partial charge in [0.05, 0.1) is 25.6 Å². The molecule has 0 saturated heterocycles. The lowest BCUT2D eigenvalue weighted by Gasteiger charge is -2.62. The summed E-state index contributed by atoms with van der Waals surface area (Å²) in [6.07, 6.45) is 6.54. The van der Waals surface area contributed by atoms with E-state index in [2.05, 4.69) is 13.5 Å². The minimum absolute atomic E-state index is 0.000631. The fourth-order valence-electron chi connectivity index (χ4n) is 7.90. The Labute approximate surface area is 228 Å². The van der Waals surface area contributed by atoms with Crippen LogP contribution in [0.1, 0.15) is 65.5 Å². The van der Waals surface area contributed by atoms with Gasteiger partial charge in [-0.3, -0.25) is 9.59 Å². The van der Waals surface area contributed by atoms with E-state index < -0.39 is 58.2 Å². The monoisotopic (exact) mass is 536 g/mol. The van der Waals surface area contributed by atoms with Crippen LogP contribution in [0.4, 0.5) is 0 Å². The first-order chi connectivity index (χ1) is 18.3. The summed E-state index contributed by atoms with van der Waals surface area (Å²) in [6.45, 7) is 13.2. The van der Waals surface area contributed by atoms with E-state index >= 15 is 0 Å². The van der Waals surface area contributed by atoms with Crippen molar-refractivity contribution in [2.75, 3.05) is 7.11 Å². The van der Waals surface area contributed by atoms with Gasteiger partial charge in [-0.05, 0) is 48.8 Å². The van der Waals surface area contributed by atoms with Crippen molar-refractivity contribution < 1.29 is 37.8 Å². The van der Waals surface area contributed by atoms with E-state index in [1.54, 1.807) is 31.6 Å². The molecule has 8 heteroatoms. The van der Waals surface area contributed by atoms with E-state index in [-0.39, 0.29) is 23.7 Å². The van der Waals surface area contributed by atoms with Crippen LogP contribution in [-0.4, -0.2) is 36.9 Å². The number of hydrogen-bond acceptors (Lipinski definition) is 8. The van der Waals surface area contributed by atoms with E-state index in [9.17, 15) is 19.2 Å². The summed E-state index contributed by atoms with van der Waals surface area (Å²) in [5.41, 5.74) is 0.467. The van der Waals surface area contributed by atoms with E-state index in [4.69, 9.17) is 18.6 Å². The summed E-state index contributed by atoms with van der Waals surface area (Å²) < 4.78 is 22.2. The molecular formula is C31H36O8. The van der Waals surface area contributed by atoms with Gasteiger partial charge in [-0.15, -0.1) is 0 Å². The third kappa shape index (κ3) is 3.85. The highest BCUT2D eigenvalue weighted by Gasteiger charge is 2.68. The second-order valence-corrected chi connectivity index (χ2v) is 12.5. The van der Waals surface area contributed by atoms with Crippen molar-refractivity contribution in [1.29, 1.82) is 0 Å². The number of rotatable bonds is 5. The molecule has 0 radical (unpaired) electrons. The number of esters is 3. The topological polar surface area (TPSA) is 109 Å². The quantitative estimate of drug-likeness (QED) is 0.292.